The van der Waals surface area contributed by atoms with Crippen LogP contribution < -0.4 is 0 Å². The molecule has 0 saturated heterocycles. The van der Waals surface area contributed by atoms with E-state index >= 15 is 0 Å². The van der Waals surface area contributed by atoms with Crippen LogP contribution in [0, 0.1) is 0 Å². The van der Waals surface area contributed by atoms with Crippen molar-refractivity contribution < 1.29 is 22.4 Å². The van der Waals surface area contributed by atoms with Crippen LogP contribution in [0.1, 0.15) is 24.4 Å². The van der Waals surface area contributed by atoms with Gasteiger partial charge in [0.05, 0.1) is 5.41 Å². The molecule has 76 valence electrons. The fourth-order valence-electron chi connectivity index (χ4n) is 1.31. The fourth-order valence-corrected chi connectivity index (χ4v) is 1.31. The maximum atomic E-state index is 12.1. The van der Waals surface area contributed by atoms with Gasteiger partial charge in [-0.05, 0) is 25.0 Å². The van der Waals surface area contributed by atoms with Crippen LogP contribution >= 0.6 is 0 Å². The SMILES string of the molecule is O=CC1(c2ccc(C(F)(F)F)o2)CC1. The fraction of sp³-hybridized carbons (Fsp3) is 0.444. The summed E-state index contributed by atoms with van der Waals surface area (Å²) in [5.41, 5.74) is -0.774. The average molecular weight is 204 g/mol. The van der Waals surface area contributed by atoms with Crippen LogP contribution in [0.25, 0.3) is 0 Å². The quantitative estimate of drug-likeness (QED) is 0.693. The normalized spacial score (nSPS) is 19.4. The van der Waals surface area contributed by atoms with Crippen LogP contribution in [0.2, 0.25) is 0 Å². The van der Waals surface area contributed by atoms with E-state index in [-0.39, 0.29) is 5.76 Å². The molecule has 0 N–H and O–H groups in total. The predicted octanol–water partition coefficient (Wildman–Crippen LogP) is 2.53. The lowest BCUT2D eigenvalue weighted by Crippen LogP contribution is -2.07. The summed E-state index contributed by atoms with van der Waals surface area (Å²) in [7, 11) is 0. The molecular weight excluding hydrogens is 197 g/mol. The van der Waals surface area contributed by atoms with Crippen molar-refractivity contribution in [2.75, 3.05) is 0 Å². The Kier molecular flexibility index (Phi) is 1.74. The molecular formula is C9H7F3O2. The van der Waals surface area contributed by atoms with Gasteiger partial charge < -0.3 is 9.21 Å². The number of halogens is 3. The summed E-state index contributed by atoms with van der Waals surface area (Å²) in [5.74, 6) is -0.916. The molecule has 1 aliphatic rings. The van der Waals surface area contributed by atoms with Gasteiger partial charge in [-0.15, -0.1) is 0 Å². The molecule has 0 amide bonds. The van der Waals surface area contributed by atoms with Crippen molar-refractivity contribution in [1.29, 1.82) is 0 Å². The highest BCUT2D eigenvalue weighted by atomic mass is 19.4. The number of aldehydes is 1. The molecule has 0 aliphatic heterocycles. The monoisotopic (exact) mass is 204 g/mol. The Morgan fingerprint density at radius 3 is 2.36 bits per heavy atom. The molecule has 0 atom stereocenters. The number of carbonyl (C=O) groups is 1. The Balaban J connectivity index is 2.31. The molecule has 0 spiro atoms. The standard InChI is InChI=1S/C9H7F3O2/c10-9(11,12)7-2-1-6(14-7)8(5-13)3-4-8/h1-2,5H,3-4H2. The smallest absolute Gasteiger partial charge is 0.449 e. The van der Waals surface area contributed by atoms with Gasteiger partial charge in [0.15, 0.2) is 0 Å². The molecule has 2 rings (SSSR count). The van der Waals surface area contributed by atoms with Crippen LogP contribution in [-0.2, 0) is 16.4 Å². The average Bonchev–Trinajstić information content (AvgIpc) is 2.73. The number of hydrogen-bond donors (Lipinski definition) is 0. The van der Waals surface area contributed by atoms with Gasteiger partial charge in [-0.25, -0.2) is 0 Å². The van der Waals surface area contributed by atoms with E-state index in [2.05, 4.69) is 4.42 Å². The van der Waals surface area contributed by atoms with E-state index in [4.69, 9.17) is 0 Å². The van der Waals surface area contributed by atoms with Crippen LogP contribution in [-0.4, -0.2) is 6.29 Å². The van der Waals surface area contributed by atoms with Crippen LogP contribution in [0.3, 0.4) is 0 Å². The Morgan fingerprint density at radius 2 is 2.00 bits per heavy atom. The number of alkyl halides is 3. The summed E-state index contributed by atoms with van der Waals surface area (Å²) in [4.78, 5) is 10.6. The lowest BCUT2D eigenvalue weighted by atomic mass is 10.1. The maximum absolute atomic E-state index is 12.1. The first kappa shape index (κ1) is 9.30. The summed E-state index contributed by atoms with van der Waals surface area (Å²) < 4.78 is 41.0. The van der Waals surface area contributed by atoms with Gasteiger partial charge in [0, 0.05) is 0 Å². The second-order valence-electron chi connectivity index (χ2n) is 3.44. The summed E-state index contributed by atoms with van der Waals surface area (Å²) in [5, 5.41) is 0. The molecule has 1 heterocycles. The first-order chi connectivity index (χ1) is 6.48. The predicted molar refractivity (Wildman–Crippen MR) is 40.7 cm³/mol. The molecule has 14 heavy (non-hydrogen) atoms. The van der Waals surface area contributed by atoms with Gasteiger partial charge in [-0.2, -0.15) is 13.2 Å². The van der Waals surface area contributed by atoms with Crippen molar-refractivity contribution in [3.05, 3.63) is 23.7 Å². The van der Waals surface area contributed by atoms with E-state index in [1.54, 1.807) is 0 Å². The van der Waals surface area contributed by atoms with Gasteiger partial charge >= 0.3 is 6.18 Å². The second kappa shape index (κ2) is 2.62. The van der Waals surface area contributed by atoms with E-state index in [0.717, 1.165) is 6.07 Å². The van der Waals surface area contributed by atoms with Crippen molar-refractivity contribution in [2.24, 2.45) is 0 Å². The minimum Gasteiger partial charge on any atom is -0.455 e. The minimum absolute atomic E-state index is 0.125. The Bertz CT molecular complexity index is 360. The Morgan fingerprint density at radius 1 is 1.36 bits per heavy atom. The molecule has 1 aliphatic carbocycles. The Labute approximate surface area is 77.7 Å². The zero-order valence-electron chi connectivity index (χ0n) is 7.10. The van der Waals surface area contributed by atoms with Crippen molar-refractivity contribution in [1.82, 2.24) is 0 Å². The van der Waals surface area contributed by atoms with Crippen molar-refractivity contribution in [3.63, 3.8) is 0 Å². The van der Waals surface area contributed by atoms with Crippen LogP contribution in [0.5, 0.6) is 0 Å². The van der Waals surface area contributed by atoms with Gasteiger partial charge in [0.2, 0.25) is 5.76 Å². The van der Waals surface area contributed by atoms with Crippen molar-refractivity contribution in [2.45, 2.75) is 24.4 Å². The number of furan rings is 1. The minimum atomic E-state index is -4.47. The van der Waals surface area contributed by atoms with E-state index in [9.17, 15) is 18.0 Å². The Hall–Kier alpha value is -1.26. The molecule has 0 radical (unpaired) electrons. The van der Waals surface area contributed by atoms with Gasteiger partial charge in [-0.3, -0.25) is 0 Å². The van der Waals surface area contributed by atoms with E-state index in [0.29, 0.717) is 19.1 Å². The molecule has 5 heteroatoms. The molecule has 1 aromatic heterocycles. The zero-order valence-corrected chi connectivity index (χ0v) is 7.10. The first-order valence-electron chi connectivity index (χ1n) is 4.12. The summed E-state index contributed by atoms with van der Waals surface area (Å²) in [6, 6.07) is 2.09. The zero-order chi connectivity index (χ0) is 10.4. The molecule has 1 saturated carbocycles. The number of hydrogen-bond acceptors (Lipinski definition) is 2. The van der Waals surface area contributed by atoms with Gasteiger partial charge in [0.25, 0.3) is 0 Å². The third kappa shape index (κ3) is 1.32. The highest BCUT2D eigenvalue weighted by Crippen LogP contribution is 2.47. The highest BCUT2D eigenvalue weighted by molar-refractivity contribution is 5.71. The lowest BCUT2D eigenvalue weighted by molar-refractivity contribution is -0.153. The maximum Gasteiger partial charge on any atom is 0.449 e. The van der Waals surface area contributed by atoms with Crippen molar-refractivity contribution in [3.8, 4) is 0 Å². The van der Waals surface area contributed by atoms with E-state index < -0.39 is 17.4 Å². The number of rotatable bonds is 2. The summed E-state index contributed by atoms with van der Waals surface area (Å²) in [6.07, 6.45) is -2.67. The molecule has 0 aromatic carbocycles. The molecule has 0 bridgehead atoms. The van der Waals surface area contributed by atoms with Gasteiger partial charge in [-0.1, -0.05) is 0 Å². The highest BCUT2D eigenvalue weighted by Gasteiger charge is 2.48. The third-order valence-electron chi connectivity index (χ3n) is 2.39. The van der Waals surface area contributed by atoms with Gasteiger partial charge in [0.1, 0.15) is 12.0 Å². The summed E-state index contributed by atoms with van der Waals surface area (Å²) >= 11 is 0. The van der Waals surface area contributed by atoms with Crippen LogP contribution in [0.4, 0.5) is 13.2 Å². The first-order valence-corrected chi connectivity index (χ1v) is 4.12. The van der Waals surface area contributed by atoms with Crippen molar-refractivity contribution >= 4 is 6.29 Å². The number of carbonyl (C=O) groups excluding carboxylic acids is 1. The topological polar surface area (TPSA) is 30.2 Å². The second-order valence-corrected chi connectivity index (χ2v) is 3.44. The summed E-state index contributed by atoms with van der Waals surface area (Å²) in [6.45, 7) is 0. The largest absolute Gasteiger partial charge is 0.455 e. The van der Waals surface area contributed by atoms with E-state index in [1.807, 2.05) is 0 Å². The third-order valence-corrected chi connectivity index (χ3v) is 2.39. The van der Waals surface area contributed by atoms with E-state index in [1.165, 1.54) is 6.07 Å². The molecule has 1 fully saturated rings. The molecule has 2 nitrogen and oxygen atoms in total. The molecule has 1 aromatic rings. The van der Waals surface area contributed by atoms with Crippen LogP contribution in [0.15, 0.2) is 16.5 Å². The lowest BCUT2D eigenvalue weighted by Gasteiger charge is -2.03. The molecule has 0 unspecified atom stereocenters.